The number of hydrogen-bond donors (Lipinski definition) is 0. The zero-order valence-corrected chi connectivity index (χ0v) is 5.97. The standard InChI is InChI=1S/C8H7F2O/c1-6-4-2-3-5-7(6)11-8(9)10/h3-5,8H,1H3. The highest BCUT2D eigenvalue weighted by Crippen LogP contribution is 2.17. The van der Waals surface area contributed by atoms with Crippen LogP contribution in [0.4, 0.5) is 8.78 Å². The van der Waals surface area contributed by atoms with Crippen molar-refractivity contribution in [3.8, 4) is 5.75 Å². The van der Waals surface area contributed by atoms with Crippen molar-refractivity contribution < 1.29 is 13.5 Å². The van der Waals surface area contributed by atoms with Crippen LogP contribution in [0.2, 0.25) is 0 Å². The van der Waals surface area contributed by atoms with Crippen LogP contribution in [0.3, 0.4) is 0 Å². The van der Waals surface area contributed by atoms with Crippen molar-refractivity contribution >= 4 is 0 Å². The molecule has 1 aromatic rings. The van der Waals surface area contributed by atoms with Gasteiger partial charge < -0.3 is 4.74 Å². The minimum Gasteiger partial charge on any atom is -0.435 e. The topological polar surface area (TPSA) is 9.23 Å². The van der Waals surface area contributed by atoms with Gasteiger partial charge in [-0.05, 0) is 30.7 Å². The van der Waals surface area contributed by atoms with Crippen LogP contribution in [0.25, 0.3) is 0 Å². The zero-order valence-electron chi connectivity index (χ0n) is 5.97. The van der Waals surface area contributed by atoms with Crippen molar-refractivity contribution in [2.75, 3.05) is 0 Å². The quantitative estimate of drug-likeness (QED) is 0.640. The van der Waals surface area contributed by atoms with Crippen LogP contribution in [-0.2, 0) is 0 Å². The fraction of sp³-hybridized carbons (Fsp3) is 0.250. The van der Waals surface area contributed by atoms with E-state index in [1.165, 1.54) is 12.1 Å². The van der Waals surface area contributed by atoms with Crippen molar-refractivity contribution in [2.24, 2.45) is 0 Å². The molecular weight excluding hydrogens is 150 g/mol. The molecule has 0 aromatic heterocycles. The van der Waals surface area contributed by atoms with E-state index in [2.05, 4.69) is 10.8 Å². The first-order chi connectivity index (χ1) is 5.20. The second kappa shape index (κ2) is 3.32. The van der Waals surface area contributed by atoms with E-state index in [9.17, 15) is 8.78 Å². The summed E-state index contributed by atoms with van der Waals surface area (Å²) in [7, 11) is 0. The molecule has 1 rings (SSSR count). The summed E-state index contributed by atoms with van der Waals surface area (Å²) in [6.45, 7) is -1.06. The van der Waals surface area contributed by atoms with Crippen molar-refractivity contribution in [1.82, 2.24) is 0 Å². The van der Waals surface area contributed by atoms with Crippen LogP contribution in [0.15, 0.2) is 18.2 Å². The van der Waals surface area contributed by atoms with Gasteiger partial charge in [-0.2, -0.15) is 8.78 Å². The van der Waals surface area contributed by atoms with Crippen LogP contribution < -0.4 is 4.74 Å². The second-order valence-corrected chi connectivity index (χ2v) is 2.07. The normalized spacial score (nSPS) is 10.2. The summed E-state index contributed by atoms with van der Waals surface area (Å²) in [6.07, 6.45) is 0. The molecule has 0 amide bonds. The fourth-order valence-electron chi connectivity index (χ4n) is 0.728. The van der Waals surface area contributed by atoms with Gasteiger partial charge in [-0.15, -0.1) is 0 Å². The molecule has 0 atom stereocenters. The zero-order chi connectivity index (χ0) is 8.27. The molecule has 0 unspecified atom stereocenters. The lowest BCUT2D eigenvalue weighted by Gasteiger charge is -2.05. The molecule has 3 heteroatoms. The SMILES string of the molecule is Cc1c[c]ccc1OC(F)F. The Kier molecular flexibility index (Phi) is 2.41. The van der Waals surface area contributed by atoms with Gasteiger partial charge in [0.1, 0.15) is 5.75 Å². The highest BCUT2D eigenvalue weighted by Gasteiger charge is 2.04. The molecular formula is C8H7F2O. The molecule has 0 aliphatic heterocycles. The van der Waals surface area contributed by atoms with Crippen molar-refractivity contribution in [2.45, 2.75) is 13.5 Å². The summed E-state index contributed by atoms with van der Waals surface area (Å²) in [5, 5.41) is 0. The van der Waals surface area contributed by atoms with E-state index < -0.39 is 6.61 Å². The first-order valence-corrected chi connectivity index (χ1v) is 3.11. The van der Waals surface area contributed by atoms with Crippen molar-refractivity contribution in [3.05, 3.63) is 29.8 Å². The van der Waals surface area contributed by atoms with Gasteiger partial charge in [0, 0.05) is 0 Å². The highest BCUT2D eigenvalue weighted by molar-refractivity contribution is 5.31. The van der Waals surface area contributed by atoms with Gasteiger partial charge in [-0.25, -0.2) is 0 Å². The van der Waals surface area contributed by atoms with Crippen LogP contribution in [0.5, 0.6) is 5.75 Å². The fourth-order valence-corrected chi connectivity index (χ4v) is 0.728. The Hall–Kier alpha value is -1.12. The Morgan fingerprint density at radius 1 is 1.55 bits per heavy atom. The third-order valence-electron chi connectivity index (χ3n) is 1.24. The van der Waals surface area contributed by atoms with E-state index in [1.54, 1.807) is 13.0 Å². The van der Waals surface area contributed by atoms with Crippen molar-refractivity contribution in [1.29, 1.82) is 0 Å². The predicted octanol–water partition coefficient (Wildman–Crippen LogP) is 2.40. The van der Waals surface area contributed by atoms with Crippen LogP contribution in [0.1, 0.15) is 5.56 Å². The summed E-state index contributed by atoms with van der Waals surface area (Å²) in [5.41, 5.74) is 0.660. The van der Waals surface area contributed by atoms with Crippen LogP contribution in [0, 0.1) is 13.0 Å². The monoisotopic (exact) mass is 157 g/mol. The molecule has 0 saturated heterocycles. The number of halogens is 2. The molecule has 0 heterocycles. The van der Waals surface area contributed by atoms with Gasteiger partial charge in [0.2, 0.25) is 0 Å². The Bertz CT molecular complexity index is 235. The first-order valence-electron chi connectivity index (χ1n) is 3.11. The van der Waals surface area contributed by atoms with E-state index >= 15 is 0 Å². The molecule has 11 heavy (non-hydrogen) atoms. The van der Waals surface area contributed by atoms with Crippen LogP contribution in [-0.4, -0.2) is 6.61 Å². The van der Waals surface area contributed by atoms with E-state index in [0.717, 1.165) is 0 Å². The summed E-state index contributed by atoms with van der Waals surface area (Å²) in [6, 6.07) is 7.34. The highest BCUT2D eigenvalue weighted by atomic mass is 19.3. The second-order valence-electron chi connectivity index (χ2n) is 2.07. The molecule has 0 saturated carbocycles. The molecule has 1 nitrogen and oxygen atoms in total. The Balaban J connectivity index is 2.78. The number of aryl methyl sites for hydroxylation is 1. The first kappa shape index (κ1) is 7.98. The molecule has 59 valence electrons. The minimum atomic E-state index is -2.75. The average Bonchev–Trinajstić information content (AvgIpc) is 1.93. The third kappa shape index (κ3) is 2.18. The van der Waals surface area contributed by atoms with E-state index in [1.807, 2.05) is 0 Å². The Morgan fingerprint density at radius 3 is 2.82 bits per heavy atom. The summed E-state index contributed by atoms with van der Waals surface area (Å²) >= 11 is 0. The van der Waals surface area contributed by atoms with Gasteiger partial charge in [-0.1, -0.05) is 6.07 Å². The Labute approximate surface area is 63.6 Å². The summed E-state index contributed by atoms with van der Waals surface area (Å²) in [4.78, 5) is 0. The lowest BCUT2D eigenvalue weighted by molar-refractivity contribution is -0.0502. The molecule has 0 N–H and O–H groups in total. The van der Waals surface area contributed by atoms with Gasteiger partial charge in [0.15, 0.2) is 0 Å². The van der Waals surface area contributed by atoms with E-state index in [-0.39, 0.29) is 5.75 Å². The number of benzene rings is 1. The summed E-state index contributed by atoms with van der Waals surface area (Å²) in [5.74, 6) is 0.207. The largest absolute Gasteiger partial charge is 0.435 e. The van der Waals surface area contributed by atoms with E-state index in [4.69, 9.17) is 0 Å². The maximum atomic E-state index is 11.7. The van der Waals surface area contributed by atoms with Crippen molar-refractivity contribution in [3.63, 3.8) is 0 Å². The number of hydrogen-bond acceptors (Lipinski definition) is 1. The molecule has 0 aliphatic rings. The molecule has 0 fully saturated rings. The molecule has 1 aromatic carbocycles. The number of alkyl halides is 2. The number of ether oxygens (including phenoxy) is 1. The number of rotatable bonds is 2. The summed E-state index contributed by atoms with van der Waals surface area (Å²) < 4.78 is 27.5. The lowest BCUT2D eigenvalue weighted by Crippen LogP contribution is -2.02. The Morgan fingerprint density at radius 2 is 2.27 bits per heavy atom. The molecule has 1 radical (unpaired) electrons. The third-order valence-corrected chi connectivity index (χ3v) is 1.24. The van der Waals surface area contributed by atoms with Gasteiger partial charge in [0.05, 0.1) is 0 Å². The smallest absolute Gasteiger partial charge is 0.387 e. The van der Waals surface area contributed by atoms with E-state index in [0.29, 0.717) is 5.56 Å². The molecule has 0 aliphatic carbocycles. The van der Waals surface area contributed by atoms with Gasteiger partial charge >= 0.3 is 6.61 Å². The average molecular weight is 157 g/mol. The minimum absolute atomic E-state index is 0.207. The molecule has 0 bridgehead atoms. The van der Waals surface area contributed by atoms with Gasteiger partial charge in [-0.3, -0.25) is 0 Å². The van der Waals surface area contributed by atoms with Gasteiger partial charge in [0.25, 0.3) is 0 Å². The predicted molar refractivity (Wildman–Crippen MR) is 36.6 cm³/mol. The molecule has 0 spiro atoms. The lowest BCUT2D eigenvalue weighted by atomic mass is 10.2. The maximum absolute atomic E-state index is 11.7. The van der Waals surface area contributed by atoms with Crippen LogP contribution >= 0.6 is 0 Å². The maximum Gasteiger partial charge on any atom is 0.387 e.